The molecule has 0 saturated heterocycles. The Labute approximate surface area is 112 Å². The molecular weight excluding hydrogens is 244 g/mol. The van der Waals surface area contributed by atoms with Crippen molar-refractivity contribution in [3.63, 3.8) is 0 Å². The van der Waals surface area contributed by atoms with Gasteiger partial charge in [-0.3, -0.25) is 25.3 Å². The Balaban J connectivity index is 2.05. The van der Waals surface area contributed by atoms with E-state index in [1.54, 1.807) is 12.1 Å². The summed E-state index contributed by atoms with van der Waals surface area (Å²) in [5, 5.41) is 14.3. The molecule has 0 aliphatic carbocycles. The van der Waals surface area contributed by atoms with Crippen molar-refractivity contribution in [3.8, 4) is 0 Å². The van der Waals surface area contributed by atoms with Crippen LogP contribution in [0.25, 0.3) is 0 Å². The molecule has 0 aromatic heterocycles. The second-order valence-electron chi connectivity index (χ2n) is 5.02. The van der Waals surface area contributed by atoms with Gasteiger partial charge in [-0.1, -0.05) is 18.2 Å². The standard InChI is InChI=1S/C13H18N4O2/c1-13(14-7-8-15-13)10-16(2)9-11-5-3-4-6-12(11)17(18)19/h3-7,15H,8-10H2,1-2H3. The molecule has 102 valence electrons. The van der Waals surface area contributed by atoms with Gasteiger partial charge in [0.1, 0.15) is 5.66 Å². The molecule has 1 heterocycles. The van der Waals surface area contributed by atoms with Crippen molar-refractivity contribution in [2.75, 3.05) is 20.1 Å². The van der Waals surface area contributed by atoms with E-state index in [9.17, 15) is 10.1 Å². The van der Waals surface area contributed by atoms with Gasteiger partial charge in [0, 0.05) is 37.5 Å². The van der Waals surface area contributed by atoms with Crippen molar-refractivity contribution in [1.82, 2.24) is 10.2 Å². The zero-order valence-electron chi connectivity index (χ0n) is 11.2. The molecule has 0 amide bonds. The maximum atomic E-state index is 11.0. The average Bonchev–Trinajstić information content (AvgIpc) is 2.75. The zero-order valence-corrected chi connectivity index (χ0v) is 11.2. The quantitative estimate of drug-likeness (QED) is 0.643. The SMILES string of the molecule is CN(Cc1ccccc1[N+](=O)[O-])CC1(C)N=CCN1. The summed E-state index contributed by atoms with van der Waals surface area (Å²) in [4.78, 5) is 17.1. The summed E-state index contributed by atoms with van der Waals surface area (Å²) < 4.78 is 0. The van der Waals surface area contributed by atoms with E-state index in [0.29, 0.717) is 13.1 Å². The van der Waals surface area contributed by atoms with Crippen LogP contribution < -0.4 is 5.32 Å². The van der Waals surface area contributed by atoms with Gasteiger partial charge < -0.3 is 0 Å². The topological polar surface area (TPSA) is 70.8 Å². The number of likely N-dealkylation sites (N-methyl/N-ethyl adjacent to an activating group) is 1. The highest BCUT2D eigenvalue weighted by Crippen LogP contribution is 2.20. The Morgan fingerprint density at radius 3 is 2.89 bits per heavy atom. The Morgan fingerprint density at radius 2 is 2.26 bits per heavy atom. The highest BCUT2D eigenvalue weighted by atomic mass is 16.6. The van der Waals surface area contributed by atoms with Gasteiger partial charge in [-0.15, -0.1) is 0 Å². The van der Waals surface area contributed by atoms with Gasteiger partial charge >= 0.3 is 0 Å². The fraction of sp³-hybridized carbons (Fsp3) is 0.462. The van der Waals surface area contributed by atoms with Crippen LogP contribution in [-0.2, 0) is 6.54 Å². The molecule has 1 aromatic carbocycles. The molecule has 6 heteroatoms. The van der Waals surface area contributed by atoms with Crippen molar-refractivity contribution in [2.24, 2.45) is 4.99 Å². The van der Waals surface area contributed by atoms with Crippen LogP contribution in [0.5, 0.6) is 0 Å². The van der Waals surface area contributed by atoms with E-state index in [1.165, 1.54) is 6.07 Å². The van der Waals surface area contributed by atoms with Gasteiger partial charge in [-0.2, -0.15) is 0 Å². The number of nitrogens with one attached hydrogen (secondary N) is 1. The smallest absolute Gasteiger partial charge is 0.273 e. The summed E-state index contributed by atoms with van der Waals surface area (Å²) in [5.74, 6) is 0. The fourth-order valence-electron chi connectivity index (χ4n) is 2.35. The van der Waals surface area contributed by atoms with Crippen LogP contribution in [0.1, 0.15) is 12.5 Å². The van der Waals surface area contributed by atoms with E-state index in [0.717, 1.165) is 12.1 Å². The predicted molar refractivity (Wildman–Crippen MR) is 74.3 cm³/mol. The van der Waals surface area contributed by atoms with Crippen molar-refractivity contribution < 1.29 is 4.92 Å². The first-order valence-corrected chi connectivity index (χ1v) is 6.20. The van der Waals surface area contributed by atoms with Gasteiger partial charge in [-0.25, -0.2) is 0 Å². The lowest BCUT2D eigenvalue weighted by Gasteiger charge is -2.28. The number of hydrogen-bond donors (Lipinski definition) is 1. The van der Waals surface area contributed by atoms with Gasteiger partial charge in [0.2, 0.25) is 0 Å². The molecule has 1 N–H and O–H groups in total. The third-order valence-corrected chi connectivity index (χ3v) is 3.16. The van der Waals surface area contributed by atoms with E-state index in [2.05, 4.69) is 10.3 Å². The third-order valence-electron chi connectivity index (χ3n) is 3.16. The summed E-state index contributed by atoms with van der Waals surface area (Å²) in [7, 11) is 1.94. The lowest BCUT2D eigenvalue weighted by molar-refractivity contribution is -0.385. The van der Waals surface area contributed by atoms with Crippen LogP contribution in [0.2, 0.25) is 0 Å². The maximum absolute atomic E-state index is 11.0. The van der Waals surface area contributed by atoms with Gasteiger partial charge in [0.05, 0.1) is 4.92 Å². The first-order valence-electron chi connectivity index (χ1n) is 6.20. The molecule has 0 bridgehead atoms. The summed E-state index contributed by atoms with van der Waals surface area (Å²) in [5.41, 5.74) is 0.598. The normalized spacial score (nSPS) is 22.1. The van der Waals surface area contributed by atoms with Crippen LogP contribution in [-0.4, -0.2) is 41.8 Å². The van der Waals surface area contributed by atoms with Crippen LogP contribution in [0, 0.1) is 10.1 Å². The second-order valence-corrected chi connectivity index (χ2v) is 5.02. The molecule has 1 atom stereocenters. The number of nitro groups is 1. The number of benzene rings is 1. The summed E-state index contributed by atoms with van der Waals surface area (Å²) in [6.45, 7) is 4.03. The van der Waals surface area contributed by atoms with Gasteiger partial charge in [0.15, 0.2) is 0 Å². The summed E-state index contributed by atoms with van der Waals surface area (Å²) in [6.07, 6.45) is 1.86. The maximum Gasteiger partial charge on any atom is 0.273 e. The second kappa shape index (κ2) is 5.46. The molecule has 0 saturated carbocycles. The average molecular weight is 262 g/mol. The lowest BCUT2D eigenvalue weighted by atomic mass is 10.1. The molecular formula is C13H18N4O2. The largest absolute Gasteiger partial charge is 0.298 e. The zero-order chi connectivity index (χ0) is 13.9. The highest BCUT2D eigenvalue weighted by Gasteiger charge is 2.27. The van der Waals surface area contributed by atoms with Gasteiger partial charge in [-0.05, 0) is 14.0 Å². The van der Waals surface area contributed by atoms with Crippen molar-refractivity contribution in [1.29, 1.82) is 0 Å². The molecule has 1 aromatic rings. The Kier molecular flexibility index (Phi) is 3.92. The minimum atomic E-state index is -0.336. The third kappa shape index (κ3) is 3.36. The molecule has 0 radical (unpaired) electrons. The number of para-hydroxylation sites is 1. The summed E-state index contributed by atoms with van der Waals surface area (Å²) in [6, 6.07) is 6.84. The van der Waals surface area contributed by atoms with E-state index in [4.69, 9.17) is 0 Å². The van der Waals surface area contributed by atoms with Crippen LogP contribution >= 0.6 is 0 Å². The lowest BCUT2D eigenvalue weighted by Crippen LogP contribution is -2.46. The number of aliphatic imine (C=N–C) groups is 1. The number of nitrogens with zero attached hydrogens (tertiary/aromatic N) is 3. The molecule has 0 spiro atoms. The van der Waals surface area contributed by atoms with E-state index < -0.39 is 0 Å². The Hall–Kier alpha value is -1.79. The predicted octanol–water partition coefficient (Wildman–Crippen LogP) is 1.42. The van der Waals surface area contributed by atoms with Crippen LogP contribution in [0.3, 0.4) is 0 Å². The van der Waals surface area contributed by atoms with Crippen molar-refractivity contribution in [2.45, 2.75) is 19.1 Å². The first kappa shape index (κ1) is 13.6. The van der Waals surface area contributed by atoms with Gasteiger partial charge in [0.25, 0.3) is 5.69 Å². The molecule has 1 aliphatic heterocycles. The molecule has 19 heavy (non-hydrogen) atoms. The number of nitro benzene ring substituents is 1. The van der Waals surface area contributed by atoms with E-state index in [-0.39, 0.29) is 16.3 Å². The van der Waals surface area contributed by atoms with Crippen molar-refractivity contribution >= 4 is 11.9 Å². The fourth-order valence-corrected chi connectivity index (χ4v) is 2.35. The molecule has 0 fully saturated rings. The van der Waals surface area contributed by atoms with E-state index >= 15 is 0 Å². The van der Waals surface area contributed by atoms with Crippen LogP contribution in [0.4, 0.5) is 5.69 Å². The molecule has 2 rings (SSSR count). The molecule has 1 aliphatic rings. The minimum absolute atomic E-state index is 0.169. The van der Waals surface area contributed by atoms with Crippen LogP contribution in [0.15, 0.2) is 29.3 Å². The monoisotopic (exact) mass is 262 g/mol. The Bertz CT molecular complexity index is 503. The Morgan fingerprint density at radius 1 is 1.53 bits per heavy atom. The summed E-state index contributed by atoms with van der Waals surface area (Å²) >= 11 is 0. The minimum Gasteiger partial charge on any atom is -0.298 e. The number of hydrogen-bond acceptors (Lipinski definition) is 5. The number of rotatable bonds is 5. The molecule has 1 unspecified atom stereocenters. The molecule has 6 nitrogen and oxygen atoms in total. The van der Waals surface area contributed by atoms with E-state index in [1.807, 2.05) is 31.2 Å². The van der Waals surface area contributed by atoms with Crippen molar-refractivity contribution in [3.05, 3.63) is 39.9 Å². The first-order chi connectivity index (χ1) is 9.00. The highest BCUT2D eigenvalue weighted by molar-refractivity contribution is 5.63.